The number of anilines is 1. The van der Waals surface area contributed by atoms with E-state index in [1.807, 2.05) is 31.2 Å². The summed E-state index contributed by atoms with van der Waals surface area (Å²) in [6.45, 7) is 8.76. The van der Waals surface area contributed by atoms with Crippen molar-refractivity contribution in [3.05, 3.63) is 65.2 Å². The van der Waals surface area contributed by atoms with Crippen LogP contribution in [0.25, 0.3) is 0 Å². The number of para-hydroxylation sites is 1. The van der Waals surface area contributed by atoms with Crippen LogP contribution in [0.1, 0.15) is 50.4 Å². The summed E-state index contributed by atoms with van der Waals surface area (Å²) in [7, 11) is 1.77. The van der Waals surface area contributed by atoms with E-state index in [9.17, 15) is 9.59 Å². The molecule has 2 rings (SSSR count). The van der Waals surface area contributed by atoms with Crippen LogP contribution in [0.3, 0.4) is 0 Å². The van der Waals surface area contributed by atoms with Gasteiger partial charge >= 0.3 is 0 Å². The van der Waals surface area contributed by atoms with Crippen LogP contribution in [-0.4, -0.2) is 36.9 Å². The molecule has 30 heavy (non-hydrogen) atoms. The van der Waals surface area contributed by atoms with Gasteiger partial charge in [-0.05, 0) is 55.5 Å². The molecule has 0 fully saturated rings. The van der Waals surface area contributed by atoms with Gasteiger partial charge in [-0.15, -0.1) is 0 Å². The summed E-state index contributed by atoms with van der Waals surface area (Å²) in [6.07, 6.45) is 1.90. The van der Waals surface area contributed by atoms with Gasteiger partial charge in [0.25, 0.3) is 0 Å². The molecule has 1 unspecified atom stereocenters. The Kier molecular flexibility index (Phi) is 9.06. The van der Waals surface area contributed by atoms with Crippen LogP contribution in [0.2, 0.25) is 0 Å². The molecule has 0 radical (unpaired) electrons. The molecular formula is C25H35N3O2. The standard InChI is InChI=1S/C25H35N3O2/c1-6-21-9-7-8-10-23(21)27-25(30)17-28(5)16-24(29)26-19(4)22-13-11-20(12-14-22)15-18(2)3/h7-14,18-19H,6,15-17H2,1-5H3,(H,26,29)(H,27,30). The Bertz CT molecular complexity index is 831. The van der Waals surface area contributed by atoms with Crippen molar-refractivity contribution >= 4 is 17.5 Å². The van der Waals surface area contributed by atoms with E-state index >= 15 is 0 Å². The summed E-state index contributed by atoms with van der Waals surface area (Å²) < 4.78 is 0. The van der Waals surface area contributed by atoms with Gasteiger partial charge in [-0.2, -0.15) is 0 Å². The number of hydrogen-bond acceptors (Lipinski definition) is 3. The fraction of sp³-hybridized carbons (Fsp3) is 0.440. The number of nitrogens with one attached hydrogen (secondary N) is 2. The molecule has 2 aromatic rings. The fourth-order valence-electron chi connectivity index (χ4n) is 3.47. The van der Waals surface area contributed by atoms with Crippen molar-refractivity contribution in [3.8, 4) is 0 Å². The number of nitrogens with zero attached hydrogens (tertiary/aromatic N) is 1. The van der Waals surface area contributed by atoms with E-state index in [1.165, 1.54) is 5.56 Å². The zero-order valence-corrected chi connectivity index (χ0v) is 18.9. The first-order valence-electron chi connectivity index (χ1n) is 10.7. The van der Waals surface area contributed by atoms with Crippen molar-refractivity contribution in [3.63, 3.8) is 0 Å². The molecule has 0 heterocycles. The number of amides is 2. The van der Waals surface area contributed by atoms with E-state index in [1.54, 1.807) is 11.9 Å². The molecule has 0 aliphatic rings. The Hall–Kier alpha value is -2.66. The molecule has 0 aliphatic carbocycles. The van der Waals surface area contributed by atoms with Gasteiger partial charge in [-0.1, -0.05) is 63.2 Å². The summed E-state index contributed by atoms with van der Waals surface area (Å²) in [6, 6.07) is 16.1. The number of carbonyl (C=O) groups excluding carboxylic acids is 2. The highest BCUT2D eigenvalue weighted by Gasteiger charge is 2.14. The Morgan fingerprint density at radius 3 is 2.20 bits per heavy atom. The summed E-state index contributed by atoms with van der Waals surface area (Å²) >= 11 is 0. The van der Waals surface area contributed by atoms with Crippen molar-refractivity contribution in [1.82, 2.24) is 10.2 Å². The van der Waals surface area contributed by atoms with Gasteiger partial charge < -0.3 is 10.6 Å². The van der Waals surface area contributed by atoms with Crippen LogP contribution in [0.15, 0.2) is 48.5 Å². The first kappa shape index (κ1) is 23.6. The second kappa shape index (κ2) is 11.5. The summed E-state index contributed by atoms with van der Waals surface area (Å²) in [4.78, 5) is 26.5. The molecule has 0 spiro atoms. The molecule has 0 aliphatic heterocycles. The monoisotopic (exact) mass is 409 g/mol. The Morgan fingerprint density at radius 1 is 0.933 bits per heavy atom. The number of benzene rings is 2. The zero-order chi connectivity index (χ0) is 22.1. The molecule has 5 heteroatoms. The van der Waals surface area contributed by atoms with Crippen molar-refractivity contribution in [2.24, 2.45) is 5.92 Å². The van der Waals surface area contributed by atoms with Gasteiger partial charge in [0.15, 0.2) is 0 Å². The maximum atomic E-state index is 12.4. The Balaban J connectivity index is 1.81. The lowest BCUT2D eigenvalue weighted by Crippen LogP contribution is -2.39. The number of rotatable bonds is 10. The second-order valence-electron chi connectivity index (χ2n) is 8.36. The third-order valence-corrected chi connectivity index (χ3v) is 5.00. The molecule has 162 valence electrons. The predicted octanol–water partition coefficient (Wildman–Crippen LogP) is 4.20. The van der Waals surface area contributed by atoms with Gasteiger partial charge in [-0.3, -0.25) is 14.5 Å². The van der Waals surface area contributed by atoms with Crippen molar-refractivity contribution < 1.29 is 9.59 Å². The molecule has 0 saturated heterocycles. The predicted molar refractivity (Wildman–Crippen MR) is 123 cm³/mol. The van der Waals surface area contributed by atoms with Gasteiger partial charge in [0.05, 0.1) is 19.1 Å². The molecule has 0 aromatic heterocycles. The minimum atomic E-state index is -0.125. The van der Waals surface area contributed by atoms with Crippen molar-refractivity contribution in [2.45, 2.75) is 46.6 Å². The highest BCUT2D eigenvalue weighted by molar-refractivity contribution is 5.93. The SMILES string of the molecule is CCc1ccccc1NC(=O)CN(C)CC(=O)NC(C)c1ccc(CC(C)C)cc1. The van der Waals surface area contributed by atoms with Crippen LogP contribution >= 0.6 is 0 Å². The van der Waals surface area contributed by atoms with Crippen LogP contribution in [0, 0.1) is 5.92 Å². The lowest BCUT2D eigenvalue weighted by Gasteiger charge is -2.19. The van der Waals surface area contributed by atoms with E-state index in [0.29, 0.717) is 5.92 Å². The molecular weight excluding hydrogens is 374 g/mol. The lowest BCUT2D eigenvalue weighted by atomic mass is 10.00. The maximum Gasteiger partial charge on any atom is 0.238 e. The van der Waals surface area contributed by atoms with E-state index in [2.05, 4.69) is 55.7 Å². The van der Waals surface area contributed by atoms with E-state index in [0.717, 1.165) is 29.7 Å². The normalized spacial score (nSPS) is 12.1. The average molecular weight is 410 g/mol. The molecule has 0 saturated carbocycles. The third-order valence-electron chi connectivity index (χ3n) is 5.00. The third kappa shape index (κ3) is 7.64. The highest BCUT2D eigenvalue weighted by atomic mass is 16.2. The second-order valence-corrected chi connectivity index (χ2v) is 8.36. The number of aryl methyl sites for hydroxylation is 1. The maximum absolute atomic E-state index is 12.4. The van der Waals surface area contributed by atoms with Gasteiger partial charge in [0.1, 0.15) is 0 Å². The molecule has 5 nitrogen and oxygen atoms in total. The Labute approximate surface area is 180 Å². The average Bonchev–Trinajstić information content (AvgIpc) is 2.68. The smallest absolute Gasteiger partial charge is 0.238 e. The minimum Gasteiger partial charge on any atom is -0.348 e. The molecule has 1 atom stereocenters. The summed E-state index contributed by atoms with van der Waals surface area (Å²) in [5.41, 5.74) is 4.31. The summed E-state index contributed by atoms with van der Waals surface area (Å²) in [5, 5.41) is 5.95. The number of carbonyl (C=O) groups is 2. The van der Waals surface area contributed by atoms with Crippen molar-refractivity contribution in [2.75, 3.05) is 25.5 Å². The van der Waals surface area contributed by atoms with Crippen LogP contribution in [-0.2, 0) is 22.4 Å². The summed E-state index contributed by atoms with van der Waals surface area (Å²) in [5.74, 6) is 0.397. The van der Waals surface area contributed by atoms with Crippen LogP contribution < -0.4 is 10.6 Å². The quantitative estimate of drug-likeness (QED) is 0.618. The molecule has 2 aromatic carbocycles. The molecule has 2 amide bonds. The van der Waals surface area contributed by atoms with Gasteiger partial charge in [0, 0.05) is 5.69 Å². The largest absolute Gasteiger partial charge is 0.348 e. The first-order chi connectivity index (χ1) is 14.3. The molecule has 0 bridgehead atoms. The van der Waals surface area contributed by atoms with Gasteiger partial charge in [-0.25, -0.2) is 0 Å². The van der Waals surface area contributed by atoms with Gasteiger partial charge in [0.2, 0.25) is 11.8 Å². The topological polar surface area (TPSA) is 61.4 Å². The molecule has 2 N–H and O–H groups in total. The number of likely N-dealkylation sites (N-methyl/N-ethyl adjacent to an activating group) is 1. The van der Waals surface area contributed by atoms with Crippen LogP contribution in [0.4, 0.5) is 5.69 Å². The number of hydrogen-bond donors (Lipinski definition) is 2. The Morgan fingerprint density at radius 2 is 1.57 bits per heavy atom. The van der Waals surface area contributed by atoms with E-state index in [4.69, 9.17) is 0 Å². The van der Waals surface area contributed by atoms with E-state index < -0.39 is 0 Å². The van der Waals surface area contributed by atoms with Crippen molar-refractivity contribution in [1.29, 1.82) is 0 Å². The lowest BCUT2D eigenvalue weighted by molar-refractivity contribution is -0.123. The van der Waals surface area contributed by atoms with E-state index in [-0.39, 0.29) is 30.9 Å². The first-order valence-corrected chi connectivity index (χ1v) is 10.7. The van der Waals surface area contributed by atoms with Crippen LogP contribution in [0.5, 0.6) is 0 Å². The fourth-order valence-corrected chi connectivity index (χ4v) is 3.47. The highest BCUT2D eigenvalue weighted by Crippen LogP contribution is 2.16. The zero-order valence-electron chi connectivity index (χ0n) is 18.9. The minimum absolute atomic E-state index is 0.0794.